The summed E-state index contributed by atoms with van der Waals surface area (Å²) in [6.07, 6.45) is 0.440. The lowest BCUT2D eigenvalue weighted by Gasteiger charge is -2.30. The first-order chi connectivity index (χ1) is 13.0. The number of rotatable bonds is 8. The summed E-state index contributed by atoms with van der Waals surface area (Å²) in [6, 6.07) is 5.57. The van der Waals surface area contributed by atoms with E-state index in [0.717, 1.165) is 0 Å². The van der Waals surface area contributed by atoms with Crippen molar-refractivity contribution in [1.82, 2.24) is 9.21 Å². The topological polar surface area (TPSA) is 91.8 Å². The fourth-order valence-corrected chi connectivity index (χ4v) is 6.65. The number of carbonyl (C=O) groups is 1. The molecule has 1 aliphatic rings. The van der Waals surface area contributed by atoms with Crippen LogP contribution >= 0.6 is 0 Å². The van der Waals surface area contributed by atoms with E-state index in [4.69, 9.17) is 0 Å². The van der Waals surface area contributed by atoms with E-state index in [-0.39, 0.29) is 34.3 Å². The van der Waals surface area contributed by atoms with Gasteiger partial charge in [-0.1, -0.05) is 27.7 Å². The predicted octanol–water partition coefficient (Wildman–Crippen LogP) is 2.00. The predicted molar refractivity (Wildman–Crippen MR) is 109 cm³/mol. The van der Waals surface area contributed by atoms with Crippen LogP contribution in [0.5, 0.6) is 0 Å². The smallest absolute Gasteiger partial charge is 0.254 e. The number of carbonyl (C=O) groups excluding carboxylic acids is 1. The zero-order valence-corrected chi connectivity index (χ0v) is 18.6. The zero-order chi connectivity index (χ0) is 21.1. The minimum atomic E-state index is -3.58. The third-order valence-corrected chi connectivity index (χ3v) is 8.73. The number of sulfonamides is 1. The molecule has 28 heavy (non-hydrogen) atoms. The fourth-order valence-electron chi connectivity index (χ4n) is 3.46. The van der Waals surface area contributed by atoms with Crippen molar-refractivity contribution in [2.45, 2.75) is 45.1 Å². The van der Waals surface area contributed by atoms with Crippen molar-refractivity contribution in [3.63, 3.8) is 0 Å². The highest BCUT2D eigenvalue weighted by molar-refractivity contribution is 7.91. The Balaban J connectivity index is 2.28. The molecule has 0 bridgehead atoms. The molecule has 158 valence electrons. The van der Waals surface area contributed by atoms with Gasteiger partial charge in [-0.05, 0) is 36.6 Å². The molecule has 0 saturated carbocycles. The molecule has 1 saturated heterocycles. The summed E-state index contributed by atoms with van der Waals surface area (Å²) in [4.78, 5) is 14.8. The van der Waals surface area contributed by atoms with Crippen molar-refractivity contribution in [3.05, 3.63) is 29.8 Å². The highest BCUT2D eigenvalue weighted by Gasteiger charge is 2.35. The summed E-state index contributed by atoms with van der Waals surface area (Å²) in [6.45, 7) is 8.71. The molecule has 1 fully saturated rings. The molecule has 1 atom stereocenters. The molecule has 0 radical (unpaired) electrons. The first-order valence-corrected chi connectivity index (χ1v) is 12.9. The molecule has 1 aromatic rings. The van der Waals surface area contributed by atoms with Gasteiger partial charge in [0.1, 0.15) is 0 Å². The molecular formula is C19H30N2O5S2. The van der Waals surface area contributed by atoms with Gasteiger partial charge in [0.25, 0.3) is 5.91 Å². The summed E-state index contributed by atoms with van der Waals surface area (Å²) in [5, 5.41) is 0. The van der Waals surface area contributed by atoms with Crippen LogP contribution in [-0.4, -0.2) is 69.1 Å². The largest absolute Gasteiger partial charge is 0.334 e. The van der Waals surface area contributed by atoms with Crippen LogP contribution in [0.1, 0.15) is 44.5 Å². The van der Waals surface area contributed by atoms with E-state index >= 15 is 0 Å². The second-order valence-corrected chi connectivity index (χ2v) is 11.7. The highest BCUT2D eigenvalue weighted by atomic mass is 32.2. The minimum absolute atomic E-state index is 0.0140. The second-order valence-electron chi connectivity index (χ2n) is 7.52. The number of benzene rings is 1. The van der Waals surface area contributed by atoms with Crippen molar-refractivity contribution in [2.75, 3.05) is 31.1 Å². The number of nitrogens with zero attached hydrogens (tertiary/aromatic N) is 2. The lowest BCUT2D eigenvalue weighted by Crippen LogP contribution is -2.43. The Kier molecular flexibility index (Phi) is 7.27. The maximum absolute atomic E-state index is 13.1. The maximum atomic E-state index is 13.1. The lowest BCUT2D eigenvalue weighted by atomic mass is 10.1. The minimum Gasteiger partial charge on any atom is -0.334 e. The van der Waals surface area contributed by atoms with Crippen LogP contribution in [0.2, 0.25) is 0 Å². The molecule has 1 aromatic carbocycles. The van der Waals surface area contributed by atoms with Crippen molar-refractivity contribution >= 4 is 25.8 Å². The van der Waals surface area contributed by atoms with Gasteiger partial charge in [-0.3, -0.25) is 4.79 Å². The van der Waals surface area contributed by atoms with Crippen molar-refractivity contribution in [3.8, 4) is 0 Å². The third kappa shape index (κ3) is 5.12. The van der Waals surface area contributed by atoms with Gasteiger partial charge in [0, 0.05) is 31.2 Å². The molecule has 0 aromatic heterocycles. The van der Waals surface area contributed by atoms with E-state index in [9.17, 15) is 21.6 Å². The van der Waals surface area contributed by atoms with Crippen LogP contribution in [0, 0.1) is 5.92 Å². The van der Waals surface area contributed by atoms with Crippen LogP contribution < -0.4 is 0 Å². The van der Waals surface area contributed by atoms with Crippen LogP contribution in [0.4, 0.5) is 0 Å². The van der Waals surface area contributed by atoms with Crippen molar-refractivity contribution < 1.29 is 21.6 Å². The van der Waals surface area contributed by atoms with E-state index in [0.29, 0.717) is 31.6 Å². The van der Waals surface area contributed by atoms with Gasteiger partial charge in [-0.2, -0.15) is 4.31 Å². The Bertz CT molecular complexity index is 889. The second kappa shape index (κ2) is 8.92. The maximum Gasteiger partial charge on any atom is 0.254 e. The van der Waals surface area contributed by atoms with E-state index in [1.165, 1.54) is 28.6 Å². The normalized spacial score (nSPS) is 19.3. The van der Waals surface area contributed by atoms with E-state index in [2.05, 4.69) is 0 Å². The van der Waals surface area contributed by atoms with Crippen LogP contribution in [-0.2, 0) is 19.9 Å². The summed E-state index contributed by atoms with van der Waals surface area (Å²) in [5.74, 6) is 0.0117. The molecule has 9 heteroatoms. The van der Waals surface area contributed by atoms with Crippen LogP contribution in [0.25, 0.3) is 0 Å². The molecular weight excluding hydrogens is 400 g/mol. The van der Waals surface area contributed by atoms with E-state index in [1.54, 1.807) is 18.7 Å². The first-order valence-electron chi connectivity index (χ1n) is 9.63. The third-order valence-electron chi connectivity index (χ3n) is 4.92. The molecule has 1 unspecified atom stereocenters. The first kappa shape index (κ1) is 22.8. The average molecular weight is 431 g/mol. The highest BCUT2D eigenvalue weighted by Crippen LogP contribution is 2.23. The quantitative estimate of drug-likeness (QED) is 0.629. The van der Waals surface area contributed by atoms with Gasteiger partial charge in [-0.15, -0.1) is 0 Å². The van der Waals surface area contributed by atoms with Gasteiger partial charge in [0.2, 0.25) is 10.0 Å². The number of hydrogen-bond acceptors (Lipinski definition) is 5. The molecule has 0 spiro atoms. The Morgan fingerprint density at radius 1 is 1.14 bits per heavy atom. The number of sulfone groups is 1. The number of hydrogen-bond donors (Lipinski definition) is 0. The Morgan fingerprint density at radius 2 is 1.71 bits per heavy atom. The monoisotopic (exact) mass is 430 g/mol. The SMILES string of the molecule is CCN(CC)S(=O)(=O)c1ccc(C(=O)N(CC(C)C)C2CCS(=O)(=O)C2)cc1. The van der Waals surface area contributed by atoms with Gasteiger partial charge in [0.05, 0.1) is 16.4 Å². The summed E-state index contributed by atoms with van der Waals surface area (Å²) in [5.41, 5.74) is 0.364. The van der Waals surface area contributed by atoms with Gasteiger partial charge >= 0.3 is 0 Å². The molecule has 1 aliphatic heterocycles. The van der Waals surface area contributed by atoms with Crippen molar-refractivity contribution in [1.29, 1.82) is 0 Å². The molecule has 0 N–H and O–H groups in total. The fraction of sp³-hybridized carbons (Fsp3) is 0.632. The van der Waals surface area contributed by atoms with Gasteiger partial charge in [-0.25, -0.2) is 16.8 Å². The number of amides is 1. The van der Waals surface area contributed by atoms with Crippen molar-refractivity contribution in [2.24, 2.45) is 5.92 Å². The molecule has 7 nitrogen and oxygen atoms in total. The van der Waals surface area contributed by atoms with Gasteiger partial charge in [0.15, 0.2) is 9.84 Å². The molecule has 2 rings (SSSR count). The van der Waals surface area contributed by atoms with Crippen LogP contribution in [0.3, 0.4) is 0 Å². The molecule has 1 heterocycles. The van der Waals surface area contributed by atoms with E-state index in [1.807, 2.05) is 13.8 Å². The lowest BCUT2D eigenvalue weighted by molar-refractivity contribution is 0.0672. The standard InChI is InChI=1S/C19H30N2O5S2/c1-5-20(6-2)28(25,26)18-9-7-16(8-10-18)19(22)21(13-15(3)4)17-11-12-27(23,24)14-17/h7-10,15,17H,5-6,11-14H2,1-4H3. The van der Waals surface area contributed by atoms with E-state index < -0.39 is 19.9 Å². The average Bonchev–Trinajstić information content (AvgIpc) is 2.99. The Hall–Kier alpha value is -1.45. The van der Waals surface area contributed by atoms with Gasteiger partial charge < -0.3 is 4.90 Å². The van der Waals surface area contributed by atoms with Crippen LogP contribution in [0.15, 0.2) is 29.2 Å². The molecule has 1 amide bonds. The Morgan fingerprint density at radius 3 is 2.14 bits per heavy atom. The Labute approximate surface area is 168 Å². The summed E-state index contributed by atoms with van der Waals surface area (Å²) in [7, 11) is -6.70. The summed E-state index contributed by atoms with van der Waals surface area (Å²) < 4.78 is 50.3. The zero-order valence-electron chi connectivity index (χ0n) is 17.0. The summed E-state index contributed by atoms with van der Waals surface area (Å²) >= 11 is 0. The molecule has 0 aliphatic carbocycles.